The van der Waals surface area contributed by atoms with Gasteiger partial charge in [0.1, 0.15) is 5.82 Å². The van der Waals surface area contributed by atoms with E-state index in [1.807, 2.05) is 13.8 Å². The van der Waals surface area contributed by atoms with E-state index in [4.69, 9.17) is 11.6 Å². The number of aliphatic hydroxyl groups is 1. The van der Waals surface area contributed by atoms with Gasteiger partial charge in [-0.1, -0.05) is 24.6 Å². The van der Waals surface area contributed by atoms with Gasteiger partial charge in [0, 0.05) is 16.1 Å². The van der Waals surface area contributed by atoms with Gasteiger partial charge in [0.2, 0.25) is 0 Å². The van der Waals surface area contributed by atoms with Crippen LogP contribution in [0.4, 0.5) is 4.39 Å². The maximum atomic E-state index is 14.0. The normalized spacial score (nSPS) is 21.3. The van der Waals surface area contributed by atoms with Crippen molar-refractivity contribution < 1.29 is 9.50 Å². The molecule has 1 heterocycles. The zero-order valence-electron chi connectivity index (χ0n) is 11.5. The molecule has 2 atom stereocenters. The van der Waals surface area contributed by atoms with E-state index in [9.17, 15) is 9.50 Å². The number of aliphatic hydroxyl groups excluding tert-OH is 1. The van der Waals surface area contributed by atoms with E-state index in [1.54, 1.807) is 12.1 Å². The lowest BCUT2D eigenvalue weighted by molar-refractivity contribution is -0.0158. The predicted octanol–water partition coefficient (Wildman–Crippen LogP) is 3.78. The minimum atomic E-state index is -0.840. The van der Waals surface area contributed by atoms with Crippen LogP contribution in [0, 0.1) is 5.82 Å². The second-order valence-corrected chi connectivity index (χ2v) is 5.91. The molecule has 0 radical (unpaired) electrons. The molecule has 0 amide bonds. The molecule has 0 bridgehead atoms. The van der Waals surface area contributed by atoms with Gasteiger partial charge >= 0.3 is 0 Å². The molecule has 0 saturated carbocycles. The van der Waals surface area contributed by atoms with E-state index in [-0.39, 0.29) is 0 Å². The van der Waals surface area contributed by atoms with Gasteiger partial charge < -0.3 is 5.11 Å². The third-order valence-corrected chi connectivity index (χ3v) is 4.63. The number of likely N-dealkylation sites (tertiary alicyclic amines) is 1. The fraction of sp³-hybridized carbons (Fsp3) is 0.600. The van der Waals surface area contributed by atoms with Crippen molar-refractivity contribution in [2.45, 2.75) is 44.8 Å². The van der Waals surface area contributed by atoms with Crippen LogP contribution in [0.5, 0.6) is 0 Å². The van der Waals surface area contributed by atoms with Crippen LogP contribution < -0.4 is 0 Å². The van der Waals surface area contributed by atoms with Gasteiger partial charge in [0.15, 0.2) is 0 Å². The van der Waals surface area contributed by atoms with Crippen molar-refractivity contribution in [3.63, 3.8) is 0 Å². The van der Waals surface area contributed by atoms with Gasteiger partial charge in [0.25, 0.3) is 0 Å². The number of nitrogens with zero attached hydrogens (tertiary/aromatic N) is 1. The molecule has 1 fully saturated rings. The van der Waals surface area contributed by atoms with E-state index in [0.717, 1.165) is 32.4 Å². The molecule has 2 rings (SSSR count). The van der Waals surface area contributed by atoms with E-state index >= 15 is 0 Å². The Labute approximate surface area is 119 Å². The number of hydrogen-bond acceptors (Lipinski definition) is 2. The monoisotopic (exact) mass is 285 g/mol. The number of halogens is 2. The minimum absolute atomic E-state index is 0.334. The molecule has 1 aliphatic heterocycles. The molecule has 2 nitrogen and oxygen atoms in total. The van der Waals surface area contributed by atoms with Crippen molar-refractivity contribution in [2.75, 3.05) is 13.1 Å². The highest BCUT2D eigenvalue weighted by Crippen LogP contribution is 2.37. The Morgan fingerprint density at radius 2 is 2.05 bits per heavy atom. The van der Waals surface area contributed by atoms with Gasteiger partial charge in [0.05, 0.1) is 6.10 Å². The van der Waals surface area contributed by atoms with Crippen molar-refractivity contribution in [2.24, 2.45) is 0 Å². The van der Waals surface area contributed by atoms with Crippen LogP contribution in [0.25, 0.3) is 0 Å². The van der Waals surface area contributed by atoms with Gasteiger partial charge in [-0.2, -0.15) is 0 Å². The summed E-state index contributed by atoms with van der Waals surface area (Å²) in [5.74, 6) is -0.432. The molecular formula is C15H21ClFNO. The molecule has 106 valence electrons. The number of rotatable bonds is 4. The maximum Gasteiger partial charge on any atom is 0.130 e. The summed E-state index contributed by atoms with van der Waals surface area (Å²) >= 11 is 5.76. The first-order valence-electron chi connectivity index (χ1n) is 6.87. The Kier molecular flexibility index (Phi) is 4.49. The molecule has 1 N–H and O–H groups in total. The van der Waals surface area contributed by atoms with E-state index in [0.29, 0.717) is 10.6 Å². The second kappa shape index (κ2) is 5.78. The van der Waals surface area contributed by atoms with E-state index < -0.39 is 17.5 Å². The quantitative estimate of drug-likeness (QED) is 0.910. The lowest BCUT2D eigenvalue weighted by Gasteiger charge is -2.42. The SMILES string of the molecule is CCC(C)(C(O)c1ccc(Cl)cc1F)N1CCCC1. The van der Waals surface area contributed by atoms with E-state index in [1.165, 1.54) is 6.07 Å². The van der Waals surface area contributed by atoms with Gasteiger partial charge in [-0.3, -0.25) is 4.90 Å². The average molecular weight is 286 g/mol. The topological polar surface area (TPSA) is 23.5 Å². The van der Waals surface area contributed by atoms with Crippen LogP contribution >= 0.6 is 11.6 Å². The van der Waals surface area contributed by atoms with Crippen LogP contribution in [0.3, 0.4) is 0 Å². The van der Waals surface area contributed by atoms with Crippen LogP contribution in [-0.4, -0.2) is 28.6 Å². The fourth-order valence-corrected chi connectivity index (χ4v) is 3.03. The first-order valence-corrected chi connectivity index (χ1v) is 7.25. The zero-order chi connectivity index (χ0) is 14.0. The molecule has 1 saturated heterocycles. The van der Waals surface area contributed by atoms with Crippen molar-refractivity contribution in [1.29, 1.82) is 0 Å². The van der Waals surface area contributed by atoms with E-state index in [2.05, 4.69) is 4.90 Å². The Balaban J connectivity index is 2.31. The number of benzene rings is 1. The Morgan fingerprint density at radius 3 is 2.58 bits per heavy atom. The molecule has 4 heteroatoms. The first kappa shape index (κ1) is 14.8. The maximum absolute atomic E-state index is 14.0. The second-order valence-electron chi connectivity index (χ2n) is 5.47. The molecule has 1 aromatic carbocycles. The van der Waals surface area contributed by atoms with Crippen LogP contribution in [0.15, 0.2) is 18.2 Å². The highest BCUT2D eigenvalue weighted by Gasteiger charge is 2.40. The average Bonchev–Trinajstić information content (AvgIpc) is 2.91. The van der Waals surface area contributed by atoms with Crippen molar-refractivity contribution in [3.05, 3.63) is 34.6 Å². The van der Waals surface area contributed by atoms with Crippen LogP contribution in [-0.2, 0) is 0 Å². The summed E-state index contributed by atoms with van der Waals surface area (Å²) in [7, 11) is 0. The summed E-state index contributed by atoms with van der Waals surface area (Å²) in [5, 5.41) is 11.0. The molecule has 0 aliphatic carbocycles. The van der Waals surface area contributed by atoms with Gasteiger partial charge in [-0.15, -0.1) is 0 Å². The minimum Gasteiger partial charge on any atom is -0.386 e. The smallest absolute Gasteiger partial charge is 0.130 e. The molecule has 1 aliphatic rings. The molecule has 2 unspecified atom stereocenters. The van der Waals surface area contributed by atoms with Crippen molar-refractivity contribution in [3.8, 4) is 0 Å². The lowest BCUT2D eigenvalue weighted by atomic mass is 9.85. The third-order valence-electron chi connectivity index (χ3n) is 4.39. The zero-order valence-corrected chi connectivity index (χ0v) is 12.3. The van der Waals surface area contributed by atoms with Crippen LogP contribution in [0.2, 0.25) is 5.02 Å². The molecular weight excluding hydrogens is 265 g/mol. The molecule has 1 aromatic rings. The summed E-state index contributed by atoms with van der Waals surface area (Å²) in [6, 6.07) is 4.48. The lowest BCUT2D eigenvalue weighted by Crippen LogP contribution is -2.49. The van der Waals surface area contributed by atoms with Crippen LogP contribution in [0.1, 0.15) is 44.8 Å². The summed E-state index contributed by atoms with van der Waals surface area (Å²) in [6.45, 7) is 5.99. The first-order chi connectivity index (χ1) is 8.99. The standard InChI is InChI=1S/C15H21ClFNO/c1-3-15(2,18-8-4-5-9-18)14(19)12-7-6-11(16)10-13(12)17/h6-7,10,14,19H,3-5,8-9H2,1-2H3. The fourth-order valence-electron chi connectivity index (χ4n) is 2.88. The van der Waals surface area contributed by atoms with Crippen molar-refractivity contribution >= 4 is 11.6 Å². The summed E-state index contributed by atoms with van der Waals surface area (Å²) < 4.78 is 14.0. The van der Waals surface area contributed by atoms with Crippen molar-refractivity contribution in [1.82, 2.24) is 4.90 Å². The Bertz CT molecular complexity index is 448. The summed E-state index contributed by atoms with van der Waals surface area (Å²) in [6.07, 6.45) is 2.22. The number of hydrogen-bond donors (Lipinski definition) is 1. The summed E-state index contributed by atoms with van der Waals surface area (Å²) in [5.41, 5.74) is -0.0915. The largest absolute Gasteiger partial charge is 0.386 e. The highest BCUT2D eigenvalue weighted by molar-refractivity contribution is 6.30. The Morgan fingerprint density at radius 1 is 1.42 bits per heavy atom. The Hall–Kier alpha value is -0.640. The predicted molar refractivity (Wildman–Crippen MR) is 75.9 cm³/mol. The molecule has 0 spiro atoms. The highest BCUT2D eigenvalue weighted by atomic mass is 35.5. The van der Waals surface area contributed by atoms with Gasteiger partial charge in [-0.25, -0.2) is 4.39 Å². The van der Waals surface area contributed by atoms with Gasteiger partial charge in [-0.05, 0) is 51.4 Å². The summed E-state index contributed by atoms with van der Waals surface area (Å²) in [4.78, 5) is 2.27. The molecule has 19 heavy (non-hydrogen) atoms. The molecule has 0 aromatic heterocycles. The third kappa shape index (κ3) is 2.78.